The van der Waals surface area contributed by atoms with Crippen molar-refractivity contribution >= 4 is 15.9 Å². The third-order valence-electron chi connectivity index (χ3n) is 4.56. The SMILES string of the molecule is C=CCN(Cc1ccccc1F)C(=O)c1ccc(OC)c(S(=O)(=O)NC2CC2)c1. The number of methoxy groups -OCH3 is 1. The van der Waals surface area contributed by atoms with Gasteiger partial charge in [0.1, 0.15) is 16.5 Å². The van der Waals surface area contributed by atoms with Gasteiger partial charge >= 0.3 is 0 Å². The van der Waals surface area contributed by atoms with E-state index in [9.17, 15) is 17.6 Å². The van der Waals surface area contributed by atoms with E-state index >= 15 is 0 Å². The normalized spacial score (nSPS) is 13.7. The predicted octanol–water partition coefficient (Wildman–Crippen LogP) is 3.10. The second-order valence-electron chi connectivity index (χ2n) is 6.83. The number of nitrogens with one attached hydrogen (secondary N) is 1. The van der Waals surface area contributed by atoms with Crippen LogP contribution in [0.15, 0.2) is 60.0 Å². The second kappa shape index (κ2) is 8.75. The van der Waals surface area contributed by atoms with E-state index in [0.29, 0.717) is 5.56 Å². The molecule has 1 aliphatic rings. The smallest absolute Gasteiger partial charge is 0.254 e. The molecule has 1 fully saturated rings. The van der Waals surface area contributed by atoms with Gasteiger partial charge in [-0.1, -0.05) is 24.3 Å². The second-order valence-corrected chi connectivity index (χ2v) is 8.51. The fourth-order valence-corrected chi connectivity index (χ4v) is 4.39. The standard InChI is InChI=1S/C21H23FN2O4S/c1-3-12-24(14-16-6-4-5-7-18(16)22)21(25)15-8-11-19(28-2)20(13-15)29(26,27)23-17-9-10-17/h3-8,11,13,17,23H,1,9-10,12,14H2,2H3. The monoisotopic (exact) mass is 418 g/mol. The van der Waals surface area contributed by atoms with E-state index in [0.717, 1.165) is 12.8 Å². The lowest BCUT2D eigenvalue weighted by Crippen LogP contribution is -2.31. The average molecular weight is 418 g/mol. The first kappa shape index (κ1) is 21.0. The Morgan fingerprint density at radius 2 is 2.03 bits per heavy atom. The minimum Gasteiger partial charge on any atom is -0.495 e. The van der Waals surface area contributed by atoms with Crippen LogP contribution in [-0.4, -0.2) is 38.9 Å². The summed E-state index contributed by atoms with van der Waals surface area (Å²) in [7, 11) is -2.46. The van der Waals surface area contributed by atoms with Crippen molar-refractivity contribution in [1.29, 1.82) is 0 Å². The number of carbonyl (C=O) groups excluding carboxylic acids is 1. The summed E-state index contributed by atoms with van der Waals surface area (Å²) >= 11 is 0. The van der Waals surface area contributed by atoms with Crippen LogP contribution in [0.25, 0.3) is 0 Å². The summed E-state index contributed by atoms with van der Waals surface area (Å²) in [6, 6.07) is 10.3. The van der Waals surface area contributed by atoms with Gasteiger partial charge < -0.3 is 9.64 Å². The van der Waals surface area contributed by atoms with Gasteiger partial charge in [-0.3, -0.25) is 4.79 Å². The zero-order valence-electron chi connectivity index (χ0n) is 16.1. The number of amides is 1. The van der Waals surface area contributed by atoms with E-state index in [1.807, 2.05) is 0 Å². The molecule has 1 N–H and O–H groups in total. The molecule has 0 spiro atoms. The van der Waals surface area contributed by atoms with Crippen molar-refractivity contribution in [1.82, 2.24) is 9.62 Å². The van der Waals surface area contributed by atoms with Crippen molar-refractivity contribution in [3.8, 4) is 5.75 Å². The Bertz CT molecular complexity index is 1020. The fourth-order valence-electron chi connectivity index (χ4n) is 2.89. The number of hydrogen-bond donors (Lipinski definition) is 1. The molecule has 0 saturated heterocycles. The number of sulfonamides is 1. The van der Waals surface area contributed by atoms with Crippen molar-refractivity contribution < 1.29 is 22.3 Å². The highest BCUT2D eigenvalue weighted by atomic mass is 32.2. The zero-order valence-corrected chi connectivity index (χ0v) is 16.9. The Balaban J connectivity index is 1.92. The highest BCUT2D eigenvalue weighted by Crippen LogP contribution is 2.29. The van der Waals surface area contributed by atoms with Gasteiger partial charge in [0, 0.05) is 30.3 Å². The molecule has 1 amide bonds. The Kier molecular flexibility index (Phi) is 6.34. The number of ether oxygens (including phenoxy) is 1. The molecule has 6 nitrogen and oxygen atoms in total. The lowest BCUT2D eigenvalue weighted by molar-refractivity contribution is 0.0761. The Morgan fingerprint density at radius 3 is 2.66 bits per heavy atom. The molecular formula is C21H23FN2O4S. The van der Waals surface area contributed by atoms with E-state index < -0.39 is 21.7 Å². The van der Waals surface area contributed by atoms with Crippen LogP contribution < -0.4 is 9.46 Å². The van der Waals surface area contributed by atoms with Crippen molar-refractivity contribution in [2.24, 2.45) is 0 Å². The van der Waals surface area contributed by atoms with Crippen molar-refractivity contribution in [2.75, 3.05) is 13.7 Å². The molecule has 2 aromatic rings. The molecule has 0 atom stereocenters. The molecular weight excluding hydrogens is 395 g/mol. The number of benzene rings is 2. The maximum absolute atomic E-state index is 14.0. The molecule has 1 saturated carbocycles. The largest absolute Gasteiger partial charge is 0.495 e. The van der Waals surface area contributed by atoms with Crippen LogP contribution in [0.2, 0.25) is 0 Å². The first-order chi connectivity index (χ1) is 13.9. The van der Waals surface area contributed by atoms with Crippen LogP contribution in [-0.2, 0) is 16.6 Å². The molecule has 0 unspecified atom stereocenters. The van der Waals surface area contributed by atoms with Crippen LogP contribution in [0, 0.1) is 5.82 Å². The van der Waals surface area contributed by atoms with Crippen LogP contribution in [0.1, 0.15) is 28.8 Å². The van der Waals surface area contributed by atoms with Gasteiger partial charge in [0.15, 0.2) is 0 Å². The summed E-state index contributed by atoms with van der Waals surface area (Å²) < 4.78 is 47.2. The van der Waals surface area contributed by atoms with Gasteiger partial charge in [-0.05, 0) is 37.1 Å². The number of halogens is 1. The summed E-state index contributed by atoms with van der Waals surface area (Å²) in [6.07, 6.45) is 3.11. The minimum absolute atomic E-state index is 0.0337. The molecule has 1 aliphatic carbocycles. The third kappa shape index (κ3) is 5.02. The van der Waals surface area contributed by atoms with E-state index in [1.54, 1.807) is 18.2 Å². The molecule has 3 rings (SSSR count). The predicted molar refractivity (Wildman–Crippen MR) is 108 cm³/mol. The molecule has 2 aromatic carbocycles. The molecule has 0 aromatic heterocycles. The number of nitrogens with zero attached hydrogens (tertiary/aromatic N) is 1. The molecule has 0 bridgehead atoms. The van der Waals surface area contributed by atoms with Gasteiger partial charge in [-0.2, -0.15) is 0 Å². The summed E-state index contributed by atoms with van der Waals surface area (Å²) in [4.78, 5) is 14.4. The average Bonchev–Trinajstić information content (AvgIpc) is 3.51. The summed E-state index contributed by atoms with van der Waals surface area (Å²) in [5.74, 6) is -0.696. The maximum atomic E-state index is 14.0. The summed E-state index contributed by atoms with van der Waals surface area (Å²) in [6.45, 7) is 3.87. The molecule has 0 radical (unpaired) electrons. The van der Waals surface area contributed by atoms with E-state index in [-0.39, 0.29) is 35.3 Å². The van der Waals surface area contributed by atoms with Gasteiger partial charge in [-0.15, -0.1) is 6.58 Å². The number of rotatable bonds is 9. The van der Waals surface area contributed by atoms with E-state index in [4.69, 9.17) is 4.74 Å². The van der Waals surface area contributed by atoms with Crippen LogP contribution in [0.4, 0.5) is 4.39 Å². The molecule has 29 heavy (non-hydrogen) atoms. The lowest BCUT2D eigenvalue weighted by atomic mass is 10.1. The van der Waals surface area contributed by atoms with Crippen molar-refractivity contribution in [3.05, 3.63) is 72.1 Å². The van der Waals surface area contributed by atoms with Crippen molar-refractivity contribution in [3.63, 3.8) is 0 Å². The Labute approximate surface area is 170 Å². The van der Waals surface area contributed by atoms with Crippen LogP contribution in [0.5, 0.6) is 5.75 Å². The zero-order chi connectivity index (χ0) is 21.0. The topological polar surface area (TPSA) is 75.7 Å². The number of carbonyl (C=O) groups is 1. The summed E-state index contributed by atoms with van der Waals surface area (Å²) in [5, 5.41) is 0. The third-order valence-corrected chi connectivity index (χ3v) is 6.10. The highest BCUT2D eigenvalue weighted by Gasteiger charge is 2.30. The summed E-state index contributed by atoms with van der Waals surface area (Å²) in [5.41, 5.74) is 0.527. The quantitative estimate of drug-likeness (QED) is 0.635. The van der Waals surface area contributed by atoms with Gasteiger partial charge in [0.2, 0.25) is 10.0 Å². The molecule has 8 heteroatoms. The molecule has 154 valence electrons. The number of hydrogen-bond acceptors (Lipinski definition) is 4. The van der Waals surface area contributed by atoms with Crippen molar-refractivity contribution in [2.45, 2.75) is 30.3 Å². The molecule has 0 heterocycles. The van der Waals surface area contributed by atoms with Crippen LogP contribution >= 0.6 is 0 Å². The lowest BCUT2D eigenvalue weighted by Gasteiger charge is -2.22. The Hall–Kier alpha value is -2.71. The minimum atomic E-state index is -3.83. The Morgan fingerprint density at radius 1 is 1.31 bits per heavy atom. The first-order valence-electron chi connectivity index (χ1n) is 9.19. The van der Waals surface area contributed by atoms with Gasteiger partial charge in [0.25, 0.3) is 5.91 Å². The van der Waals surface area contributed by atoms with E-state index in [2.05, 4.69) is 11.3 Å². The molecule has 0 aliphatic heterocycles. The van der Waals surface area contributed by atoms with Gasteiger partial charge in [0.05, 0.1) is 7.11 Å². The van der Waals surface area contributed by atoms with Gasteiger partial charge in [-0.25, -0.2) is 17.5 Å². The fraction of sp³-hybridized carbons (Fsp3) is 0.286. The van der Waals surface area contributed by atoms with E-state index in [1.165, 1.54) is 42.4 Å². The highest BCUT2D eigenvalue weighted by molar-refractivity contribution is 7.89. The first-order valence-corrected chi connectivity index (χ1v) is 10.7. The van der Waals surface area contributed by atoms with Crippen LogP contribution in [0.3, 0.4) is 0 Å². The maximum Gasteiger partial charge on any atom is 0.254 e.